The Bertz CT molecular complexity index is 618. The van der Waals surface area contributed by atoms with Gasteiger partial charge in [0.2, 0.25) is 10.0 Å². The minimum Gasteiger partial charge on any atom is -0.382 e. The highest BCUT2D eigenvalue weighted by Gasteiger charge is 2.32. The Morgan fingerprint density at radius 1 is 1.23 bits per heavy atom. The second-order valence-corrected chi connectivity index (χ2v) is 8.24. The molecule has 5 nitrogen and oxygen atoms in total. The number of rotatable bonds is 8. The van der Waals surface area contributed by atoms with E-state index in [-0.39, 0.29) is 12.0 Å². The molecule has 2 rings (SSSR count). The van der Waals surface area contributed by atoms with Crippen molar-refractivity contribution >= 4 is 10.0 Å². The van der Waals surface area contributed by atoms with Crippen LogP contribution in [-0.2, 0) is 19.5 Å². The Hall–Kier alpha value is -0.950. The third-order valence-electron chi connectivity index (χ3n) is 4.66. The molecule has 0 aliphatic carbocycles. The van der Waals surface area contributed by atoms with Crippen LogP contribution in [0.1, 0.15) is 58.4 Å². The van der Waals surface area contributed by atoms with Crippen molar-refractivity contribution in [3.8, 4) is 0 Å². The van der Waals surface area contributed by atoms with E-state index >= 15 is 0 Å². The summed E-state index contributed by atoms with van der Waals surface area (Å²) in [6.45, 7) is 10.1. The molecule has 1 saturated heterocycles. The maximum atomic E-state index is 13.1. The van der Waals surface area contributed by atoms with Crippen molar-refractivity contribution in [3.63, 3.8) is 0 Å². The van der Waals surface area contributed by atoms with Crippen molar-refractivity contribution < 1.29 is 17.9 Å². The van der Waals surface area contributed by atoms with Gasteiger partial charge in [0.15, 0.2) is 0 Å². The Balaban J connectivity index is 0.00000163. The first-order valence-corrected chi connectivity index (χ1v) is 11.1. The molecule has 0 N–H and O–H groups in total. The topological polar surface area (TPSA) is 55.8 Å². The van der Waals surface area contributed by atoms with Crippen molar-refractivity contribution in [1.29, 1.82) is 0 Å². The summed E-state index contributed by atoms with van der Waals surface area (Å²) in [5.41, 5.74) is 0.905. The Labute approximate surface area is 159 Å². The van der Waals surface area contributed by atoms with Gasteiger partial charge in [-0.25, -0.2) is 8.42 Å². The highest BCUT2D eigenvalue weighted by molar-refractivity contribution is 7.89. The van der Waals surface area contributed by atoms with Crippen LogP contribution in [0.15, 0.2) is 29.2 Å². The predicted octanol–water partition coefficient (Wildman–Crippen LogP) is 4.04. The molecular formula is C20H35NO4S. The molecule has 26 heavy (non-hydrogen) atoms. The quantitative estimate of drug-likeness (QED) is 0.634. The van der Waals surface area contributed by atoms with Crippen LogP contribution < -0.4 is 0 Å². The predicted molar refractivity (Wildman–Crippen MR) is 106 cm³/mol. The molecule has 1 heterocycles. The Kier molecular flexibility index (Phi) is 10.4. The number of sulfonamides is 1. The molecule has 2 atom stereocenters. The third-order valence-corrected chi connectivity index (χ3v) is 6.60. The molecule has 1 aliphatic heterocycles. The molecule has 1 fully saturated rings. The van der Waals surface area contributed by atoms with Crippen molar-refractivity contribution in [2.45, 2.75) is 63.9 Å². The minimum atomic E-state index is -3.49. The lowest BCUT2D eigenvalue weighted by Gasteiger charge is -2.32. The SMILES string of the molecule is CC.CCC(C)c1ccccc1S(=O)(=O)N1CCCC(OCCOC)C1. The highest BCUT2D eigenvalue weighted by Crippen LogP contribution is 2.30. The van der Waals surface area contributed by atoms with Crippen LogP contribution in [-0.4, -0.2) is 52.2 Å². The molecule has 0 aromatic heterocycles. The average molecular weight is 386 g/mol. The molecular weight excluding hydrogens is 350 g/mol. The number of benzene rings is 1. The van der Waals surface area contributed by atoms with Crippen molar-refractivity contribution in [2.24, 2.45) is 0 Å². The van der Waals surface area contributed by atoms with E-state index in [1.165, 1.54) is 0 Å². The monoisotopic (exact) mass is 385 g/mol. The van der Waals surface area contributed by atoms with Gasteiger partial charge in [-0.3, -0.25) is 0 Å². The van der Waals surface area contributed by atoms with Crippen LogP contribution in [0, 0.1) is 0 Å². The molecule has 150 valence electrons. The normalized spacial score (nSPS) is 19.5. The highest BCUT2D eigenvalue weighted by atomic mass is 32.2. The zero-order chi connectivity index (χ0) is 19.6. The number of hydrogen-bond donors (Lipinski definition) is 0. The molecule has 0 bridgehead atoms. The van der Waals surface area contributed by atoms with Crippen LogP contribution in [0.25, 0.3) is 0 Å². The van der Waals surface area contributed by atoms with E-state index in [4.69, 9.17) is 9.47 Å². The van der Waals surface area contributed by atoms with Crippen LogP contribution in [0.3, 0.4) is 0 Å². The lowest BCUT2D eigenvalue weighted by atomic mass is 9.99. The van der Waals surface area contributed by atoms with Crippen LogP contribution in [0.5, 0.6) is 0 Å². The van der Waals surface area contributed by atoms with Gasteiger partial charge >= 0.3 is 0 Å². The first kappa shape index (κ1) is 23.1. The van der Waals surface area contributed by atoms with Gasteiger partial charge < -0.3 is 9.47 Å². The molecule has 0 radical (unpaired) electrons. The summed E-state index contributed by atoms with van der Waals surface area (Å²) in [6.07, 6.45) is 2.57. The summed E-state index contributed by atoms with van der Waals surface area (Å²) < 4.78 is 38.6. The Morgan fingerprint density at radius 3 is 2.58 bits per heavy atom. The summed E-state index contributed by atoms with van der Waals surface area (Å²) in [6, 6.07) is 7.37. The minimum absolute atomic E-state index is 0.0561. The number of piperidine rings is 1. The van der Waals surface area contributed by atoms with Crippen LogP contribution in [0.4, 0.5) is 0 Å². The molecule has 1 aromatic carbocycles. The summed E-state index contributed by atoms with van der Waals surface area (Å²) in [7, 11) is -1.86. The maximum absolute atomic E-state index is 13.1. The van der Waals surface area contributed by atoms with Crippen molar-refractivity contribution in [1.82, 2.24) is 4.31 Å². The van der Waals surface area contributed by atoms with E-state index in [9.17, 15) is 8.42 Å². The molecule has 0 saturated carbocycles. The second kappa shape index (κ2) is 11.7. The first-order chi connectivity index (χ1) is 12.5. The molecule has 6 heteroatoms. The van der Waals surface area contributed by atoms with Gasteiger partial charge in [0, 0.05) is 20.2 Å². The van der Waals surface area contributed by atoms with Gasteiger partial charge in [-0.05, 0) is 36.8 Å². The standard InChI is InChI=1S/C18H29NO4S.C2H6/c1-4-15(2)17-9-5-6-10-18(17)24(20,21)19-11-7-8-16(14-19)23-13-12-22-3;1-2/h5-6,9-10,15-16H,4,7-8,11-14H2,1-3H3;1-2H3. The fraction of sp³-hybridized carbons (Fsp3) is 0.700. The third kappa shape index (κ3) is 6.05. The van der Waals surface area contributed by atoms with Gasteiger partial charge in [-0.15, -0.1) is 0 Å². The van der Waals surface area contributed by atoms with Crippen molar-refractivity contribution in [3.05, 3.63) is 29.8 Å². The van der Waals surface area contributed by atoms with E-state index < -0.39 is 10.0 Å². The summed E-state index contributed by atoms with van der Waals surface area (Å²) in [5, 5.41) is 0. The fourth-order valence-corrected chi connectivity index (χ4v) is 4.87. The van der Waals surface area contributed by atoms with Gasteiger partial charge in [0.1, 0.15) is 0 Å². The van der Waals surface area contributed by atoms with E-state index in [1.54, 1.807) is 23.5 Å². The summed E-state index contributed by atoms with van der Waals surface area (Å²) >= 11 is 0. The smallest absolute Gasteiger partial charge is 0.243 e. The first-order valence-electron chi connectivity index (χ1n) is 9.70. The summed E-state index contributed by atoms with van der Waals surface area (Å²) in [5.74, 6) is 0.217. The second-order valence-electron chi connectivity index (χ2n) is 6.34. The van der Waals surface area contributed by atoms with E-state index in [0.29, 0.717) is 31.2 Å². The number of ether oxygens (including phenoxy) is 2. The largest absolute Gasteiger partial charge is 0.382 e. The lowest BCUT2D eigenvalue weighted by molar-refractivity contribution is -0.00653. The number of methoxy groups -OCH3 is 1. The van der Waals surface area contributed by atoms with E-state index in [0.717, 1.165) is 24.8 Å². The Morgan fingerprint density at radius 2 is 1.92 bits per heavy atom. The molecule has 1 aromatic rings. The molecule has 0 spiro atoms. The van der Waals surface area contributed by atoms with Crippen molar-refractivity contribution in [2.75, 3.05) is 33.4 Å². The lowest BCUT2D eigenvalue weighted by Crippen LogP contribution is -2.43. The van der Waals surface area contributed by atoms with E-state index in [1.807, 2.05) is 26.0 Å². The number of nitrogens with zero attached hydrogens (tertiary/aromatic N) is 1. The molecule has 0 amide bonds. The van der Waals surface area contributed by atoms with Crippen LogP contribution in [0.2, 0.25) is 0 Å². The maximum Gasteiger partial charge on any atom is 0.243 e. The number of hydrogen-bond acceptors (Lipinski definition) is 4. The van der Waals surface area contributed by atoms with Gasteiger partial charge in [-0.1, -0.05) is 45.9 Å². The van der Waals surface area contributed by atoms with E-state index in [2.05, 4.69) is 13.8 Å². The van der Waals surface area contributed by atoms with Crippen LogP contribution >= 0.6 is 0 Å². The fourth-order valence-electron chi connectivity index (χ4n) is 3.04. The zero-order valence-corrected chi connectivity index (χ0v) is 17.7. The average Bonchev–Trinajstić information content (AvgIpc) is 2.69. The molecule has 2 unspecified atom stereocenters. The summed E-state index contributed by atoms with van der Waals surface area (Å²) in [4.78, 5) is 0.442. The van der Waals surface area contributed by atoms with Gasteiger partial charge in [0.05, 0.1) is 24.2 Å². The van der Waals surface area contributed by atoms with Gasteiger partial charge in [-0.2, -0.15) is 4.31 Å². The zero-order valence-electron chi connectivity index (χ0n) is 16.9. The van der Waals surface area contributed by atoms with Gasteiger partial charge in [0.25, 0.3) is 0 Å². The molecule has 1 aliphatic rings.